The fourth-order valence-corrected chi connectivity index (χ4v) is 4.45. The van der Waals surface area contributed by atoms with Gasteiger partial charge in [-0.05, 0) is 30.9 Å². The van der Waals surface area contributed by atoms with Crippen molar-refractivity contribution in [2.24, 2.45) is 0 Å². The zero-order valence-corrected chi connectivity index (χ0v) is 12.2. The van der Waals surface area contributed by atoms with Crippen molar-refractivity contribution in [3.8, 4) is 6.07 Å². The van der Waals surface area contributed by atoms with Gasteiger partial charge in [0.15, 0.2) is 0 Å². The number of carbonyl (C=O) groups excluding carboxylic acids is 1. The summed E-state index contributed by atoms with van der Waals surface area (Å²) < 4.78 is 0. The van der Waals surface area contributed by atoms with Gasteiger partial charge in [0.1, 0.15) is 6.54 Å². The summed E-state index contributed by atoms with van der Waals surface area (Å²) in [6, 6.07) is 10.7. The zero-order chi connectivity index (χ0) is 13.9. The second kappa shape index (κ2) is 5.88. The highest BCUT2D eigenvalue weighted by atomic mass is 32.2. The smallest absolute Gasteiger partial charge is 0.237 e. The summed E-state index contributed by atoms with van der Waals surface area (Å²) in [4.78, 5) is 15.8. The Labute approximate surface area is 124 Å². The topological polar surface area (TPSA) is 44.1 Å². The summed E-state index contributed by atoms with van der Waals surface area (Å²) in [5.41, 5.74) is 1.26. The molecule has 1 heterocycles. The maximum Gasteiger partial charge on any atom is 0.237 e. The van der Waals surface area contributed by atoms with E-state index < -0.39 is 0 Å². The maximum atomic E-state index is 12.7. The van der Waals surface area contributed by atoms with E-state index in [1.165, 1.54) is 23.3 Å². The van der Waals surface area contributed by atoms with E-state index in [2.05, 4.69) is 18.2 Å². The van der Waals surface area contributed by atoms with Gasteiger partial charge in [-0.15, -0.1) is 11.8 Å². The Bertz CT molecular complexity index is 521. The summed E-state index contributed by atoms with van der Waals surface area (Å²) in [5, 5.41) is 8.97. The van der Waals surface area contributed by atoms with Gasteiger partial charge in [-0.1, -0.05) is 31.0 Å². The van der Waals surface area contributed by atoms with Crippen LogP contribution in [-0.2, 0) is 11.2 Å². The van der Waals surface area contributed by atoms with Crippen molar-refractivity contribution in [3.63, 3.8) is 0 Å². The lowest BCUT2D eigenvalue weighted by Gasteiger charge is -2.28. The molecule has 2 aliphatic rings. The molecule has 0 bridgehead atoms. The van der Waals surface area contributed by atoms with Crippen LogP contribution in [0.25, 0.3) is 0 Å². The molecule has 0 radical (unpaired) electrons. The Morgan fingerprint density at radius 1 is 1.35 bits per heavy atom. The van der Waals surface area contributed by atoms with Crippen LogP contribution in [0.3, 0.4) is 0 Å². The van der Waals surface area contributed by atoms with Crippen molar-refractivity contribution in [1.29, 1.82) is 5.26 Å². The SMILES string of the molecule is N#CCN(C(=O)C1Cc2ccccc2S1)C1CCCC1. The van der Waals surface area contributed by atoms with Gasteiger partial charge in [-0.25, -0.2) is 0 Å². The molecule has 0 spiro atoms. The second-order valence-corrected chi connectivity index (χ2v) is 6.73. The maximum absolute atomic E-state index is 12.7. The summed E-state index contributed by atoms with van der Waals surface area (Å²) in [7, 11) is 0. The van der Waals surface area contributed by atoms with Gasteiger partial charge in [0, 0.05) is 10.9 Å². The van der Waals surface area contributed by atoms with Crippen LogP contribution >= 0.6 is 11.8 Å². The molecule has 1 aliphatic carbocycles. The highest BCUT2D eigenvalue weighted by Crippen LogP contribution is 2.38. The summed E-state index contributed by atoms with van der Waals surface area (Å²) in [6.45, 7) is 0.233. The van der Waals surface area contributed by atoms with Crippen molar-refractivity contribution in [1.82, 2.24) is 4.90 Å². The molecule has 1 fully saturated rings. The highest BCUT2D eigenvalue weighted by Gasteiger charge is 2.35. The van der Waals surface area contributed by atoms with Crippen LogP contribution < -0.4 is 0 Å². The Balaban J connectivity index is 1.73. The second-order valence-electron chi connectivity index (χ2n) is 5.48. The average Bonchev–Trinajstić information content (AvgIpc) is 3.12. The Hall–Kier alpha value is -1.47. The summed E-state index contributed by atoms with van der Waals surface area (Å²) >= 11 is 1.66. The van der Waals surface area contributed by atoms with Crippen LogP contribution in [0.2, 0.25) is 0 Å². The van der Waals surface area contributed by atoms with Crippen LogP contribution in [0.5, 0.6) is 0 Å². The first kappa shape index (κ1) is 13.5. The van der Waals surface area contributed by atoms with Crippen LogP contribution in [0.4, 0.5) is 0 Å². The molecule has 104 valence electrons. The number of benzene rings is 1. The van der Waals surface area contributed by atoms with Crippen LogP contribution in [-0.4, -0.2) is 28.6 Å². The van der Waals surface area contributed by atoms with Gasteiger partial charge in [0.05, 0.1) is 11.3 Å². The minimum atomic E-state index is -0.0404. The first-order valence-corrected chi connectivity index (χ1v) is 8.09. The molecule has 4 heteroatoms. The van der Waals surface area contributed by atoms with Crippen molar-refractivity contribution >= 4 is 17.7 Å². The van der Waals surface area contributed by atoms with E-state index >= 15 is 0 Å². The largest absolute Gasteiger partial charge is 0.325 e. The molecule has 0 aromatic heterocycles. The number of thioether (sulfide) groups is 1. The van der Waals surface area contributed by atoms with E-state index in [9.17, 15) is 4.79 Å². The van der Waals surface area contributed by atoms with E-state index in [0.29, 0.717) is 0 Å². The van der Waals surface area contributed by atoms with E-state index in [1.54, 1.807) is 11.8 Å². The van der Waals surface area contributed by atoms with E-state index in [4.69, 9.17) is 5.26 Å². The number of nitrogens with zero attached hydrogens (tertiary/aromatic N) is 2. The lowest BCUT2D eigenvalue weighted by molar-refractivity contribution is -0.132. The normalized spacial score (nSPS) is 21.4. The fraction of sp³-hybridized carbons (Fsp3) is 0.500. The minimum Gasteiger partial charge on any atom is -0.325 e. The van der Waals surface area contributed by atoms with Crippen molar-refractivity contribution in [2.75, 3.05) is 6.54 Å². The number of fused-ring (bicyclic) bond motifs is 1. The molecule has 1 aromatic rings. The van der Waals surface area contributed by atoms with Crippen LogP contribution in [0.15, 0.2) is 29.2 Å². The predicted octanol–water partition coefficient (Wildman–Crippen LogP) is 3.00. The first-order valence-electron chi connectivity index (χ1n) is 7.21. The van der Waals surface area contributed by atoms with Gasteiger partial charge in [0.25, 0.3) is 0 Å². The van der Waals surface area contributed by atoms with Crippen molar-refractivity contribution in [2.45, 2.75) is 48.3 Å². The molecular weight excluding hydrogens is 268 g/mol. The van der Waals surface area contributed by atoms with Crippen molar-refractivity contribution in [3.05, 3.63) is 29.8 Å². The van der Waals surface area contributed by atoms with Gasteiger partial charge in [-0.2, -0.15) is 5.26 Å². The molecule has 20 heavy (non-hydrogen) atoms. The highest BCUT2D eigenvalue weighted by molar-refractivity contribution is 8.01. The van der Waals surface area contributed by atoms with E-state index in [0.717, 1.165) is 19.3 Å². The number of amides is 1. The van der Waals surface area contributed by atoms with Gasteiger partial charge in [0.2, 0.25) is 5.91 Å². The average molecular weight is 286 g/mol. The van der Waals surface area contributed by atoms with E-state index in [-0.39, 0.29) is 23.7 Å². The molecule has 1 aliphatic heterocycles. The summed E-state index contributed by atoms with van der Waals surface area (Å²) in [6.07, 6.45) is 5.26. The predicted molar refractivity (Wildman–Crippen MR) is 79.4 cm³/mol. The fourth-order valence-electron chi connectivity index (χ4n) is 3.18. The molecule has 1 aromatic carbocycles. The van der Waals surface area contributed by atoms with Crippen LogP contribution in [0, 0.1) is 11.3 Å². The summed E-state index contributed by atoms with van der Waals surface area (Å²) in [5.74, 6) is 0.152. The molecule has 0 N–H and O–H groups in total. The lowest BCUT2D eigenvalue weighted by atomic mass is 10.1. The van der Waals surface area contributed by atoms with E-state index in [1.807, 2.05) is 17.0 Å². The standard InChI is InChI=1S/C16H18N2OS/c17-9-10-18(13-6-2-3-7-13)16(19)15-11-12-5-1-4-8-14(12)20-15/h1,4-5,8,13,15H,2-3,6-7,10-11H2. The molecular formula is C16H18N2OS. The van der Waals surface area contributed by atoms with Crippen molar-refractivity contribution < 1.29 is 4.79 Å². The third-order valence-corrected chi connectivity index (χ3v) is 5.52. The Kier molecular flexibility index (Phi) is 3.98. The Morgan fingerprint density at radius 2 is 2.10 bits per heavy atom. The quantitative estimate of drug-likeness (QED) is 0.802. The van der Waals surface area contributed by atoms with Crippen LogP contribution in [0.1, 0.15) is 31.2 Å². The van der Waals surface area contributed by atoms with Gasteiger partial charge >= 0.3 is 0 Å². The molecule has 1 atom stereocenters. The number of rotatable bonds is 3. The van der Waals surface area contributed by atoms with Gasteiger partial charge in [-0.3, -0.25) is 4.79 Å². The zero-order valence-electron chi connectivity index (χ0n) is 11.4. The Morgan fingerprint density at radius 3 is 2.80 bits per heavy atom. The molecule has 1 saturated carbocycles. The molecule has 3 nitrogen and oxygen atoms in total. The third-order valence-electron chi connectivity index (χ3n) is 4.21. The number of nitriles is 1. The minimum absolute atomic E-state index is 0.0404. The molecule has 1 unspecified atom stereocenters. The number of hydrogen-bond acceptors (Lipinski definition) is 3. The van der Waals surface area contributed by atoms with Gasteiger partial charge < -0.3 is 4.90 Å². The number of hydrogen-bond donors (Lipinski definition) is 0. The molecule has 0 saturated heterocycles. The number of carbonyl (C=O) groups is 1. The lowest BCUT2D eigenvalue weighted by Crippen LogP contribution is -2.43. The molecule has 1 amide bonds. The first-order chi connectivity index (χ1) is 9.79. The molecule has 3 rings (SSSR count). The monoisotopic (exact) mass is 286 g/mol. The third kappa shape index (κ3) is 2.55.